The molecule has 0 aliphatic carbocycles. The van der Waals surface area contributed by atoms with Gasteiger partial charge in [0.2, 0.25) is 0 Å². The summed E-state index contributed by atoms with van der Waals surface area (Å²) >= 11 is 1.68. The minimum Gasteiger partial charge on any atom is -0.382 e. The number of aromatic nitrogens is 6. The van der Waals surface area contributed by atoms with E-state index in [4.69, 9.17) is 4.98 Å². The van der Waals surface area contributed by atoms with Crippen molar-refractivity contribution in [2.45, 2.75) is 33.7 Å². The highest BCUT2D eigenvalue weighted by Gasteiger charge is 2.22. The van der Waals surface area contributed by atoms with Crippen LogP contribution in [0.2, 0.25) is 0 Å². The third-order valence-corrected chi connectivity index (χ3v) is 6.72. The Kier molecular flexibility index (Phi) is 6.24. The smallest absolute Gasteiger partial charge is 0.184 e. The summed E-state index contributed by atoms with van der Waals surface area (Å²) in [7, 11) is 0. The fraction of sp³-hybridized carbons (Fsp3) is 0.185. The van der Waals surface area contributed by atoms with Gasteiger partial charge in [-0.1, -0.05) is 18.7 Å². The van der Waals surface area contributed by atoms with Crippen LogP contribution in [0, 0.1) is 19.7 Å². The molecule has 36 heavy (non-hydrogen) atoms. The maximum Gasteiger partial charge on any atom is 0.184 e. The van der Waals surface area contributed by atoms with Crippen LogP contribution in [-0.4, -0.2) is 36.2 Å². The highest BCUT2D eigenvalue weighted by atomic mass is 32.1. The van der Waals surface area contributed by atoms with Gasteiger partial charge in [-0.05, 0) is 45.9 Å². The van der Waals surface area contributed by atoms with Gasteiger partial charge < -0.3 is 10.3 Å². The van der Waals surface area contributed by atoms with E-state index in [9.17, 15) is 0 Å². The molecule has 0 spiro atoms. The van der Waals surface area contributed by atoms with Gasteiger partial charge in [0, 0.05) is 56.8 Å². The number of nitrogens with zero attached hydrogens (tertiary/aromatic N) is 4. The number of hydrogen-bond donors (Lipinski definition) is 3. The first-order valence-corrected chi connectivity index (χ1v) is 12.4. The SMILES string of the molecule is C=C/C=C(/c1ccc(C)s1)c1nc(-c2[nH]nc3ncc(-c4cncc(NC(C)C)c4)c(F)c23)[nH]c1C. The zero-order valence-electron chi connectivity index (χ0n) is 20.5. The monoisotopic (exact) mass is 499 g/mol. The zero-order valence-corrected chi connectivity index (χ0v) is 21.3. The molecule has 0 aliphatic heterocycles. The van der Waals surface area contributed by atoms with Crippen LogP contribution in [0.25, 0.3) is 39.3 Å². The molecule has 0 radical (unpaired) electrons. The summed E-state index contributed by atoms with van der Waals surface area (Å²) in [6.45, 7) is 11.9. The second-order valence-electron chi connectivity index (χ2n) is 8.83. The molecule has 7 nitrogen and oxygen atoms in total. The van der Waals surface area contributed by atoms with Gasteiger partial charge in [-0.15, -0.1) is 11.3 Å². The van der Waals surface area contributed by atoms with Gasteiger partial charge >= 0.3 is 0 Å². The van der Waals surface area contributed by atoms with Crippen LogP contribution in [0.4, 0.5) is 10.1 Å². The number of aryl methyl sites for hydroxylation is 2. The van der Waals surface area contributed by atoms with Gasteiger partial charge in [-0.3, -0.25) is 10.1 Å². The third kappa shape index (κ3) is 4.33. The van der Waals surface area contributed by atoms with Crippen molar-refractivity contribution in [1.29, 1.82) is 0 Å². The molecule has 0 saturated heterocycles. The number of halogens is 1. The van der Waals surface area contributed by atoms with Crippen molar-refractivity contribution in [3.63, 3.8) is 0 Å². The van der Waals surface area contributed by atoms with Gasteiger partial charge in [-0.25, -0.2) is 14.4 Å². The fourth-order valence-corrected chi connectivity index (χ4v) is 5.03. The number of hydrogen-bond acceptors (Lipinski definition) is 6. The van der Waals surface area contributed by atoms with Crippen molar-refractivity contribution in [3.05, 3.63) is 82.5 Å². The lowest BCUT2D eigenvalue weighted by atomic mass is 10.1. The second-order valence-corrected chi connectivity index (χ2v) is 10.1. The number of nitrogens with one attached hydrogen (secondary N) is 3. The quantitative estimate of drug-likeness (QED) is 0.218. The summed E-state index contributed by atoms with van der Waals surface area (Å²) in [5.74, 6) is 0.0537. The van der Waals surface area contributed by atoms with E-state index in [2.05, 4.69) is 56.1 Å². The van der Waals surface area contributed by atoms with Crippen molar-refractivity contribution in [2.75, 3.05) is 5.32 Å². The third-order valence-electron chi connectivity index (χ3n) is 5.69. The first-order valence-electron chi connectivity index (χ1n) is 11.6. The first kappa shape index (κ1) is 23.6. The average molecular weight is 500 g/mol. The Labute approximate surface area is 212 Å². The Morgan fingerprint density at radius 1 is 1.19 bits per heavy atom. The Balaban J connectivity index is 1.61. The molecule has 5 aromatic heterocycles. The summed E-state index contributed by atoms with van der Waals surface area (Å²) < 4.78 is 16.0. The second kappa shape index (κ2) is 9.50. The molecule has 3 N–H and O–H groups in total. The molecule has 5 aromatic rings. The minimum absolute atomic E-state index is 0.225. The lowest BCUT2D eigenvalue weighted by Crippen LogP contribution is -2.09. The lowest BCUT2D eigenvalue weighted by Gasteiger charge is -2.11. The molecule has 9 heteroatoms. The van der Waals surface area contributed by atoms with Gasteiger partial charge in [0.15, 0.2) is 11.5 Å². The van der Waals surface area contributed by atoms with Crippen molar-refractivity contribution in [3.8, 4) is 22.6 Å². The van der Waals surface area contributed by atoms with E-state index < -0.39 is 5.82 Å². The molecule has 0 aliphatic rings. The predicted octanol–water partition coefficient (Wildman–Crippen LogP) is 6.67. The predicted molar refractivity (Wildman–Crippen MR) is 144 cm³/mol. The maximum absolute atomic E-state index is 16.0. The van der Waals surface area contributed by atoms with Crippen molar-refractivity contribution >= 4 is 33.6 Å². The topological polar surface area (TPSA) is 95.2 Å². The lowest BCUT2D eigenvalue weighted by molar-refractivity contribution is 0.642. The molecule has 0 saturated carbocycles. The van der Waals surface area contributed by atoms with Crippen LogP contribution in [-0.2, 0) is 0 Å². The Morgan fingerprint density at radius 2 is 2.03 bits per heavy atom. The number of rotatable bonds is 7. The van der Waals surface area contributed by atoms with E-state index in [0.717, 1.165) is 27.5 Å². The molecule has 0 atom stereocenters. The maximum atomic E-state index is 16.0. The molecule has 182 valence electrons. The number of H-pyrrole nitrogens is 2. The number of pyridine rings is 2. The van der Waals surface area contributed by atoms with Gasteiger partial charge in [0.25, 0.3) is 0 Å². The molecular weight excluding hydrogens is 473 g/mol. The van der Waals surface area contributed by atoms with Gasteiger partial charge in [0.1, 0.15) is 11.5 Å². The van der Waals surface area contributed by atoms with Crippen LogP contribution in [0.1, 0.15) is 35.0 Å². The summed E-state index contributed by atoms with van der Waals surface area (Å²) in [6.07, 6.45) is 8.51. The minimum atomic E-state index is -0.432. The Morgan fingerprint density at radius 3 is 2.75 bits per heavy atom. The number of allylic oxidation sites excluding steroid dienone is 2. The summed E-state index contributed by atoms with van der Waals surface area (Å²) in [5, 5.41) is 10.7. The van der Waals surface area contributed by atoms with Crippen LogP contribution in [0.5, 0.6) is 0 Å². The molecule has 0 unspecified atom stereocenters. The summed E-state index contributed by atoms with van der Waals surface area (Å²) in [4.78, 5) is 19.1. The largest absolute Gasteiger partial charge is 0.382 e. The van der Waals surface area contributed by atoms with Crippen molar-refractivity contribution < 1.29 is 4.39 Å². The first-order chi connectivity index (χ1) is 17.4. The van der Waals surface area contributed by atoms with Crippen molar-refractivity contribution in [1.82, 2.24) is 30.1 Å². The molecule has 0 bridgehead atoms. The number of fused-ring (bicyclic) bond motifs is 1. The van der Waals surface area contributed by atoms with E-state index in [1.807, 2.05) is 32.9 Å². The van der Waals surface area contributed by atoms with Crippen LogP contribution >= 0.6 is 11.3 Å². The molecular formula is C27H26FN7S. The van der Waals surface area contributed by atoms with E-state index in [-0.39, 0.29) is 17.1 Å². The van der Waals surface area contributed by atoms with Crippen LogP contribution in [0.15, 0.2) is 55.5 Å². The molecule has 0 amide bonds. The normalized spacial score (nSPS) is 12.0. The Bertz CT molecular complexity index is 1610. The van der Waals surface area contributed by atoms with E-state index in [0.29, 0.717) is 22.6 Å². The van der Waals surface area contributed by atoms with Crippen LogP contribution in [0.3, 0.4) is 0 Å². The van der Waals surface area contributed by atoms with E-state index >= 15 is 4.39 Å². The average Bonchev–Trinajstić information content (AvgIpc) is 3.56. The van der Waals surface area contributed by atoms with Crippen LogP contribution < -0.4 is 5.32 Å². The Hall–Kier alpha value is -4.11. The molecule has 5 heterocycles. The van der Waals surface area contributed by atoms with Crippen molar-refractivity contribution in [2.24, 2.45) is 0 Å². The molecule has 0 fully saturated rings. The number of aromatic amines is 2. The zero-order chi connectivity index (χ0) is 25.4. The highest BCUT2D eigenvalue weighted by Crippen LogP contribution is 2.35. The molecule has 0 aromatic carbocycles. The standard InChI is InChI=1S/C27H26FN7S/c1-6-7-19(21-9-8-15(4)36-21)24-16(5)32-27(33-24)25-22-23(28)20(13-30-26(22)35-34-25)17-10-18(12-29-11-17)31-14(2)3/h6-14,31H,1H2,2-5H3,(H,32,33)(H,30,34,35)/b19-7-. The molecule has 5 rings (SSSR count). The summed E-state index contributed by atoms with van der Waals surface area (Å²) in [5.41, 5.74) is 5.08. The van der Waals surface area contributed by atoms with E-state index in [1.165, 1.54) is 11.1 Å². The number of thiophene rings is 1. The number of imidazole rings is 1. The fourth-order valence-electron chi connectivity index (χ4n) is 4.14. The van der Waals surface area contributed by atoms with Gasteiger partial charge in [-0.2, -0.15) is 5.10 Å². The van der Waals surface area contributed by atoms with E-state index in [1.54, 1.807) is 29.8 Å². The highest BCUT2D eigenvalue weighted by molar-refractivity contribution is 7.13. The van der Waals surface area contributed by atoms with Gasteiger partial charge in [0.05, 0.1) is 16.8 Å². The number of anilines is 1. The summed E-state index contributed by atoms with van der Waals surface area (Å²) in [6, 6.07) is 6.23.